The van der Waals surface area contributed by atoms with Crippen LogP contribution in [0, 0.1) is 5.82 Å². The molecule has 0 aliphatic carbocycles. The highest BCUT2D eigenvalue weighted by molar-refractivity contribution is 5.74. The van der Waals surface area contributed by atoms with Gasteiger partial charge in [0.1, 0.15) is 11.4 Å². The molecule has 0 spiro atoms. The predicted octanol–water partition coefficient (Wildman–Crippen LogP) is 3.57. The van der Waals surface area contributed by atoms with E-state index in [1.165, 1.54) is 13.2 Å². The van der Waals surface area contributed by atoms with Crippen LogP contribution in [0.1, 0.15) is 38.3 Å². The van der Waals surface area contributed by atoms with Crippen molar-refractivity contribution in [1.82, 2.24) is 4.90 Å². The number of amides is 1. The minimum absolute atomic E-state index is 0.0408. The number of esters is 1. The maximum atomic E-state index is 14.4. The van der Waals surface area contributed by atoms with Gasteiger partial charge in [-0.15, -0.1) is 0 Å². The molecule has 2 rings (SSSR count). The quantitative estimate of drug-likeness (QED) is 0.783. The zero-order valence-corrected chi connectivity index (χ0v) is 15.1. The molecule has 0 saturated carbocycles. The van der Waals surface area contributed by atoms with E-state index in [4.69, 9.17) is 4.74 Å². The molecule has 0 saturated heterocycles. The zero-order chi connectivity index (χ0) is 18.6. The first-order valence-electron chi connectivity index (χ1n) is 8.22. The highest BCUT2D eigenvalue weighted by atomic mass is 19.1. The Balaban J connectivity index is 2.06. The van der Waals surface area contributed by atoms with Crippen molar-refractivity contribution in [3.8, 4) is 0 Å². The molecule has 1 heterocycles. The first kappa shape index (κ1) is 19.0. The summed E-state index contributed by atoms with van der Waals surface area (Å²) in [6, 6.07) is 4.74. The number of rotatable bonds is 3. The molecule has 1 aliphatic rings. The Kier molecular flexibility index (Phi) is 5.82. The fourth-order valence-corrected chi connectivity index (χ4v) is 2.57. The largest absolute Gasteiger partial charge is 0.469 e. The van der Waals surface area contributed by atoms with Crippen LogP contribution in [0.3, 0.4) is 0 Å². The van der Waals surface area contributed by atoms with Gasteiger partial charge < -0.3 is 14.4 Å². The fraction of sp³-hybridized carbons (Fsp3) is 0.474. The smallest absolute Gasteiger partial charge is 0.410 e. The van der Waals surface area contributed by atoms with E-state index < -0.39 is 11.6 Å². The van der Waals surface area contributed by atoms with Crippen molar-refractivity contribution in [2.75, 3.05) is 20.2 Å². The summed E-state index contributed by atoms with van der Waals surface area (Å²) in [4.78, 5) is 24.9. The topological polar surface area (TPSA) is 55.8 Å². The van der Waals surface area contributed by atoms with E-state index in [1.807, 2.05) is 26.8 Å². The molecule has 1 aromatic rings. The fourth-order valence-electron chi connectivity index (χ4n) is 2.57. The zero-order valence-electron chi connectivity index (χ0n) is 15.1. The second kappa shape index (κ2) is 7.68. The summed E-state index contributed by atoms with van der Waals surface area (Å²) in [7, 11) is 1.30. The minimum Gasteiger partial charge on any atom is -0.469 e. The molecule has 0 aromatic heterocycles. The molecule has 1 amide bonds. The van der Waals surface area contributed by atoms with Crippen LogP contribution in [0.4, 0.5) is 9.18 Å². The molecular weight excluding hydrogens is 325 g/mol. The lowest BCUT2D eigenvalue weighted by Gasteiger charge is -2.29. The molecular formula is C19H24FNO4. The molecule has 1 aromatic carbocycles. The molecule has 1 aliphatic heterocycles. The van der Waals surface area contributed by atoms with Crippen molar-refractivity contribution in [3.05, 3.63) is 41.2 Å². The maximum absolute atomic E-state index is 14.4. The van der Waals surface area contributed by atoms with Gasteiger partial charge in [-0.05, 0) is 44.4 Å². The van der Waals surface area contributed by atoms with Crippen LogP contribution in [0.25, 0.3) is 5.57 Å². The first-order valence-corrected chi connectivity index (χ1v) is 8.22. The summed E-state index contributed by atoms with van der Waals surface area (Å²) in [6.07, 6.45) is 2.06. The van der Waals surface area contributed by atoms with Gasteiger partial charge in [-0.25, -0.2) is 9.18 Å². The van der Waals surface area contributed by atoms with Crippen LogP contribution in [0.5, 0.6) is 0 Å². The third-order valence-corrected chi connectivity index (χ3v) is 3.82. The molecule has 0 bridgehead atoms. The van der Waals surface area contributed by atoms with Crippen LogP contribution < -0.4 is 0 Å². The maximum Gasteiger partial charge on any atom is 0.410 e. The van der Waals surface area contributed by atoms with Crippen LogP contribution in [-0.2, 0) is 20.7 Å². The molecule has 25 heavy (non-hydrogen) atoms. The summed E-state index contributed by atoms with van der Waals surface area (Å²) in [5.41, 5.74) is 1.38. The number of carbonyl (C=O) groups is 2. The van der Waals surface area contributed by atoms with Gasteiger partial charge in [-0.1, -0.05) is 18.2 Å². The third-order valence-electron chi connectivity index (χ3n) is 3.82. The van der Waals surface area contributed by atoms with Crippen molar-refractivity contribution < 1.29 is 23.5 Å². The molecule has 0 radical (unpaired) electrons. The molecule has 136 valence electrons. The molecule has 0 N–H and O–H groups in total. The highest BCUT2D eigenvalue weighted by Gasteiger charge is 2.24. The number of carbonyl (C=O) groups excluding carboxylic acids is 2. The van der Waals surface area contributed by atoms with E-state index in [0.717, 1.165) is 5.57 Å². The van der Waals surface area contributed by atoms with Gasteiger partial charge in [0.15, 0.2) is 0 Å². The minimum atomic E-state index is -0.539. The summed E-state index contributed by atoms with van der Waals surface area (Å²) >= 11 is 0. The number of benzene rings is 1. The second-order valence-corrected chi connectivity index (χ2v) is 6.97. The van der Waals surface area contributed by atoms with Crippen molar-refractivity contribution >= 4 is 17.6 Å². The predicted molar refractivity (Wildman–Crippen MR) is 92.5 cm³/mol. The molecule has 0 atom stereocenters. The Morgan fingerprint density at radius 2 is 2.00 bits per heavy atom. The lowest BCUT2D eigenvalue weighted by molar-refractivity contribution is -0.139. The molecule has 5 nitrogen and oxygen atoms in total. The summed E-state index contributed by atoms with van der Waals surface area (Å²) in [5.74, 6) is -0.782. The van der Waals surface area contributed by atoms with Gasteiger partial charge in [-0.2, -0.15) is 0 Å². The normalized spacial score (nSPS) is 14.8. The van der Waals surface area contributed by atoms with Crippen LogP contribution >= 0.6 is 0 Å². The van der Waals surface area contributed by atoms with Gasteiger partial charge in [-0.3, -0.25) is 4.79 Å². The van der Waals surface area contributed by atoms with Crippen LogP contribution in [-0.4, -0.2) is 42.8 Å². The summed E-state index contributed by atoms with van der Waals surface area (Å²) in [6.45, 7) is 6.32. The van der Waals surface area contributed by atoms with Crippen molar-refractivity contribution in [2.24, 2.45) is 0 Å². The highest BCUT2D eigenvalue weighted by Crippen LogP contribution is 2.26. The Labute approximate surface area is 147 Å². The monoisotopic (exact) mass is 349 g/mol. The van der Waals surface area contributed by atoms with E-state index in [-0.39, 0.29) is 18.3 Å². The van der Waals surface area contributed by atoms with Crippen molar-refractivity contribution in [1.29, 1.82) is 0 Å². The van der Waals surface area contributed by atoms with Gasteiger partial charge in [0.2, 0.25) is 0 Å². The van der Waals surface area contributed by atoms with E-state index in [1.54, 1.807) is 17.0 Å². The van der Waals surface area contributed by atoms with Gasteiger partial charge in [0.05, 0.1) is 13.5 Å². The van der Waals surface area contributed by atoms with Gasteiger partial charge >= 0.3 is 12.1 Å². The van der Waals surface area contributed by atoms with E-state index in [0.29, 0.717) is 30.6 Å². The Morgan fingerprint density at radius 3 is 2.52 bits per heavy atom. The number of hydrogen-bond donors (Lipinski definition) is 0. The SMILES string of the molecule is COC(=O)Cc1ccc(C2=CCN(C(=O)OC(C)(C)C)CC2)c(F)c1. The number of nitrogens with zero attached hydrogens (tertiary/aromatic N) is 1. The molecule has 0 fully saturated rings. The number of hydrogen-bond acceptors (Lipinski definition) is 4. The van der Waals surface area contributed by atoms with E-state index in [2.05, 4.69) is 4.74 Å². The van der Waals surface area contributed by atoms with E-state index in [9.17, 15) is 14.0 Å². The Morgan fingerprint density at radius 1 is 1.28 bits per heavy atom. The Bertz CT molecular complexity index is 691. The van der Waals surface area contributed by atoms with Crippen molar-refractivity contribution in [2.45, 2.75) is 39.2 Å². The summed E-state index contributed by atoms with van der Waals surface area (Å²) in [5, 5.41) is 0. The first-order chi connectivity index (χ1) is 11.7. The van der Waals surface area contributed by atoms with E-state index >= 15 is 0 Å². The average Bonchev–Trinajstić information content (AvgIpc) is 2.53. The number of halogens is 1. The average molecular weight is 349 g/mol. The lowest BCUT2D eigenvalue weighted by atomic mass is 9.97. The lowest BCUT2D eigenvalue weighted by Crippen LogP contribution is -2.39. The number of methoxy groups -OCH3 is 1. The van der Waals surface area contributed by atoms with Crippen molar-refractivity contribution in [3.63, 3.8) is 0 Å². The van der Waals surface area contributed by atoms with Gasteiger partial charge in [0, 0.05) is 18.7 Å². The Hall–Kier alpha value is -2.37. The number of ether oxygens (including phenoxy) is 2. The van der Waals surface area contributed by atoms with Crippen LogP contribution in [0.2, 0.25) is 0 Å². The molecule has 0 unspecified atom stereocenters. The molecule has 6 heteroatoms. The second-order valence-electron chi connectivity index (χ2n) is 6.97. The van der Waals surface area contributed by atoms with Gasteiger partial charge in [0.25, 0.3) is 0 Å². The van der Waals surface area contributed by atoms with Crippen LogP contribution in [0.15, 0.2) is 24.3 Å². The third kappa shape index (κ3) is 5.31. The summed E-state index contributed by atoms with van der Waals surface area (Å²) < 4.78 is 24.3. The standard InChI is InChI=1S/C19H24FNO4/c1-19(2,3)25-18(23)21-9-7-14(8-10-21)15-6-5-13(11-16(15)20)12-17(22)24-4/h5-7,11H,8-10,12H2,1-4H3.